The summed E-state index contributed by atoms with van der Waals surface area (Å²) < 4.78 is 0. The normalized spacial score (nSPS) is 31.4. The lowest BCUT2D eigenvalue weighted by atomic mass is 9.84. The first-order chi connectivity index (χ1) is 11.8. The van der Waals surface area contributed by atoms with E-state index >= 15 is 0 Å². The van der Waals surface area contributed by atoms with Crippen LogP contribution in [0.4, 0.5) is 0 Å². The maximum Gasteiger partial charge on any atom is 0.227 e. The molecule has 4 unspecified atom stereocenters. The highest BCUT2D eigenvalue weighted by Crippen LogP contribution is 2.36. The Morgan fingerprint density at radius 2 is 1.75 bits per heavy atom. The summed E-state index contributed by atoms with van der Waals surface area (Å²) in [6, 6.07) is 15.2. The molecule has 3 heteroatoms. The van der Waals surface area contributed by atoms with Crippen molar-refractivity contribution in [3.63, 3.8) is 0 Å². The van der Waals surface area contributed by atoms with Gasteiger partial charge in [-0.05, 0) is 41.0 Å². The monoisotopic (exact) mass is 320 g/mol. The van der Waals surface area contributed by atoms with Crippen molar-refractivity contribution in [3.05, 3.63) is 48.0 Å². The number of benzene rings is 2. The van der Waals surface area contributed by atoms with Gasteiger partial charge in [0.2, 0.25) is 5.91 Å². The average Bonchev–Trinajstić information content (AvgIpc) is 2.79. The summed E-state index contributed by atoms with van der Waals surface area (Å²) in [6.45, 7) is 4.53. The van der Waals surface area contributed by atoms with Gasteiger partial charge in [0.1, 0.15) is 0 Å². The highest BCUT2D eigenvalue weighted by molar-refractivity contribution is 5.90. The van der Waals surface area contributed by atoms with Crippen molar-refractivity contribution < 1.29 is 4.79 Å². The second-order valence-electron chi connectivity index (χ2n) is 7.94. The van der Waals surface area contributed by atoms with E-state index in [1.54, 1.807) is 0 Å². The number of nitrogens with zero attached hydrogens (tertiary/aromatic N) is 2. The van der Waals surface area contributed by atoms with E-state index < -0.39 is 0 Å². The average molecular weight is 320 g/mol. The van der Waals surface area contributed by atoms with Crippen LogP contribution < -0.4 is 0 Å². The van der Waals surface area contributed by atoms with E-state index in [9.17, 15) is 4.79 Å². The second-order valence-corrected chi connectivity index (χ2v) is 7.94. The van der Waals surface area contributed by atoms with Crippen molar-refractivity contribution in [2.24, 2.45) is 11.8 Å². The molecule has 4 saturated heterocycles. The van der Waals surface area contributed by atoms with Gasteiger partial charge >= 0.3 is 0 Å². The van der Waals surface area contributed by atoms with E-state index in [-0.39, 0.29) is 0 Å². The summed E-state index contributed by atoms with van der Waals surface area (Å²) in [5.74, 6) is 1.83. The van der Waals surface area contributed by atoms with Crippen LogP contribution in [0.15, 0.2) is 42.5 Å². The van der Waals surface area contributed by atoms with Crippen LogP contribution in [0.5, 0.6) is 0 Å². The Hall–Kier alpha value is -1.87. The number of piperidine rings is 2. The number of amides is 1. The van der Waals surface area contributed by atoms with Crippen LogP contribution >= 0.6 is 0 Å². The van der Waals surface area contributed by atoms with Crippen LogP contribution in [0.2, 0.25) is 0 Å². The molecule has 1 amide bonds. The molecule has 2 aromatic carbocycles. The van der Waals surface area contributed by atoms with Gasteiger partial charge in [0.05, 0.1) is 6.42 Å². The summed E-state index contributed by atoms with van der Waals surface area (Å²) in [5, 5.41) is 2.45. The Bertz CT molecular complexity index is 767. The first-order valence-corrected chi connectivity index (χ1v) is 9.25. The topological polar surface area (TPSA) is 23.6 Å². The largest absolute Gasteiger partial charge is 0.338 e. The highest BCUT2D eigenvalue weighted by atomic mass is 16.2. The maximum atomic E-state index is 13.1. The Morgan fingerprint density at radius 1 is 0.917 bits per heavy atom. The molecule has 4 atom stereocenters. The van der Waals surface area contributed by atoms with Crippen molar-refractivity contribution in [1.82, 2.24) is 9.80 Å². The quantitative estimate of drug-likeness (QED) is 0.849. The van der Waals surface area contributed by atoms with Crippen molar-refractivity contribution >= 4 is 16.7 Å². The van der Waals surface area contributed by atoms with Crippen molar-refractivity contribution in [2.45, 2.75) is 25.3 Å². The minimum atomic E-state index is 0.325. The van der Waals surface area contributed by atoms with Gasteiger partial charge in [0.25, 0.3) is 0 Å². The number of fused-ring (bicyclic) bond motifs is 2. The lowest BCUT2D eigenvalue weighted by molar-refractivity contribution is -0.133. The zero-order valence-electron chi connectivity index (χ0n) is 14.0. The number of carbonyl (C=O) groups excluding carboxylic acids is 1. The first kappa shape index (κ1) is 14.5. The number of rotatable bonds is 2. The Morgan fingerprint density at radius 3 is 2.67 bits per heavy atom. The van der Waals surface area contributed by atoms with Gasteiger partial charge < -0.3 is 9.80 Å². The maximum absolute atomic E-state index is 13.1. The zero-order valence-corrected chi connectivity index (χ0v) is 14.0. The molecule has 0 spiro atoms. The molecule has 4 fully saturated rings. The van der Waals surface area contributed by atoms with Crippen molar-refractivity contribution in [1.29, 1.82) is 0 Å². The minimum Gasteiger partial charge on any atom is -0.338 e. The summed E-state index contributed by atoms with van der Waals surface area (Å²) in [5.41, 5.74) is 1.17. The molecule has 4 aliphatic heterocycles. The van der Waals surface area contributed by atoms with Gasteiger partial charge in [-0.25, -0.2) is 0 Å². The predicted octanol–water partition coefficient (Wildman–Crippen LogP) is 2.93. The van der Waals surface area contributed by atoms with Crippen LogP contribution in [-0.4, -0.2) is 47.9 Å². The summed E-state index contributed by atoms with van der Waals surface area (Å²) in [6.07, 6.45) is 3.08. The van der Waals surface area contributed by atoms with Gasteiger partial charge in [0.15, 0.2) is 0 Å². The molecule has 0 aromatic heterocycles. The molecule has 2 aromatic rings. The van der Waals surface area contributed by atoms with Gasteiger partial charge in [-0.2, -0.15) is 0 Å². The molecule has 0 radical (unpaired) electrons. The van der Waals surface area contributed by atoms with Gasteiger partial charge in [-0.1, -0.05) is 42.5 Å². The number of hydrogen-bond donors (Lipinski definition) is 0. The molecule has 6 rings (SSSR count). The molecule has 24 heavy (non-hydrogen) atoms. The Balaban J connectivity index is 1.42. The third-order valence-corrected chi connectivity index (χ3v) is 6.21. The summed E-state index contributed by atoms with van der Waals surface area (Å²) in [4.78, 5) is 18.0. The highest BCUT2D eigenvalue weighted by Gasteiger charge is 2.42. The zero-order chi connectivity index (χ0) is 16.1. The van der Waals surface area contributed by atoms with Crippen LogP contribution in [0, 0.1) is 11.8 Å². The van der Waals surface area contributed by atoms with E-state index in [0.717, 1.165) is 19.0 Å². The Kier molecular flexibility index (Phi) is 3.37. The number of hydrogen-bond acceptors (Lipinski definition) is 2. The van der Waals surface area contributed by atoms with Gasteiger partial charge in [0, 0.05) is 32.2 Å². The van der Waals surface area contributed by atoms with E-state index in [4.69, 9.17) is 0 Å². The summed E-state index contributed by atoms with van der Waals surface area (Å²) >= 11 is 0. The van der Waals surface area contributed by atoms with Crippen LogP contribution in [0.1, 0.15) is 18.4 Å². The van der Waals surface area contributed by atoms with E-state index in [2.05, 4.69) is 52.3 Å². The van der Waals surface area contributed by atoms with E-state index in [0.29, 0.717) is 24.3 Å². The molecular weight excluding hydrogens is 296 g/mol. The fourth-order valence-electron chi connectivity index (χ4n) is 5.30. The third kappa shape index (κ3) is 2.42. The predicted molar refractivity (Wildman–Crippen MR) is 95.8 cm³/mol. The standard InChI is InChI=1S/C21H24N2O/c24-21(10-18-6-3-5-17-4-1-2-7-20(17)18)23-13-16-8-15-9-19(23)14-22(11-15)12-16/h1-7,15-16,19H,8-14H2. The molecule has 3 nitrogen and oxygen atoms in total. The Labute approximate surface area is 143 Å². The van der Waals surface area contributed by atoms with Crippen LogP contribution in [0.25, 0.3) is 10.8 Å². The molecule has 4 aliphatic rings. The fourth-order valence-corrected chi connectivity index (χ4v) is 5.30. The minimum absolute atomic E-state index is 0.325. The van der Waals surface area contributed by atoms with Crippen molar-refractivity contribution in [2.75, 3.05) is 26.2 Å². The van der Waals surface area contributed by atoms with Crippen LogP contribution in [-0.2, 0) is 11.2 Å². The van der Waals surface area contributed by atoms with E-state index in [1.165, 1.54) is 42.3 Å². The van der Waals surface area contributed by atoms with E-state index in [1.807, 2.05) is 0 Å². The molecule has 124 valence electrons. The van der Waals surface area contributed by atoms with Gasteiger partial charge in [-0.15, -0.1) is 0 Å². The lowest BCUT2D eigenvalue weighted by Gasteiger charge is -2.41. The molecule has 0 N–H and O–H groups in total. The molecule has 4 heterocycles. The molecule has 0 aliphatic carbocycles. The summed E-state index contributed by atoms with van der Waals surface area (Å²) in [7, 11) is 0. The first-order valence-electron chi connectivity index (χ1n) is 9.25. The SMILES string of the molecule is O=C(Cc1cccc2ccccc12)N1CC2CC3CC1CN(C3)C2. The smallest absolute Gasteiger partial charge is 0.227 e. The fraction of sp³-hybridized carbons (Fsp3) is 0.476. The molecule has 4 bridgehead atoms. The lowest BCUT2D eigenvalue weighted by Crippen LogP contribution is -2.50. The van der Waals surface area contributed by atoms with Crippen LogP contribution in [0.3, 0.4) is 0 Å². The molecule has 0 saturated carbocycles. The molecular formula is C21H24N2O. The number of carbonyl (C=O) groups is 1. The van der Waals surface area contributed by atoms with Gasteiger partial charge in [-0.3, -0.25) is 4.79 Å². The van der Waals surface area contributed by atoms with Crippen molar-refractivity contribution in [3.8, 4) is 0 Å². The third-order valence-electron chi connectivity index (χ3n) is 6.21. The second kappa shape index (κ2) is 5.59.